The van der Waals surface area contributed by atoms with Gasteiger partial charge in [-0.1, -0.05) is 11.2 Å². The van der Waals surface area contributed by atoms with Crippen LogP contribution in [0.25, 0.3) is 28.4 Å². The number of nitrogen functional groups attached to an aromatic ring is 1. The number of likely N-dealkylation sites (tertiary alicyclic amines) is 1. The fraction of sp³-hybridized carbons (Fsp3) is 0.486. The molecule has 0 bridgehead atoms. The molecule has 1 aromatic carbocycles. The van der Waals surface area contributed by atoms with Gasteiger partial charge in [-0.15, -0.1) is 0 Å². The fourth-order valence-electron chi connectivity index (χ4n) is 9.16. The minimum absolute atomic E-state index is 0.0353. The van der Waals surface area contributed by atoms with Crippen molar-refractivity contribution in [3.63, 3.8) is 0 Å². The Bertz CT molecular complexity index is 2200. The van der Waals surface area contributed by atoms with E-state index in [0.717, 1.165) is 92.2 Å². The van der Waals surface area contributed by atoms with Gasteiger partial charge in [-0.2, -0.15) is 15.5 Å². The van der Waals surface area contributed by atoms with E-state index in [-0.39, 0.29) is 23.7 Å². The summed E-state index contributed by atoms with van der Waals surface area (Å²) in [6.45, 7) is 4.35. The summed E-state index contributed by atoms with van der Waals surface area (Å²) in [4.78, 5) is 25.8. The van der Waals surface area contributed by atoms with E-state index in [2.05, 4.69) is 41.4 Å². The van der Waals surface area contributed by atoms with E-state index >= 15 is 0 Å². The molecule has 4 aromatic heterocycles. The van der Waals surface area contributed by atoms with Crippen LogP contribution in [0.1, 0.15) is 96.4 Å². The molecule has 2 aliphatic carbocycles. The first-order valence-electron chi connectivity index (χ1n) is 18.1. The number of hydrogen-bond donors (Lipinski definition) is 2. The number of aromatic nitrogens is 7. The minimum atomic E-state index is -0.502. The number of carbonyl (C=O) groups is 1. The molecule has 1 spiro atoms. The lowest BCUT2D eigenvalue weighted by Crippen LogP contribution is -2.36. The third-order valence-corrected chi connectivity index (χ3v) is 11.7. The second kappa shape index (κ2) is 12.3. The predicted molar refractivity (Wildman–Crippen MR) is 187 cm³/mol. The van der Waals surface area contributed by atoms with Gasteiger partial charge < -0.3 is 25.2 Å². The van der Waals surface area contributed by atoms with Gasteiger partial charge in [-0.3, -0.25) is 4.79 Å². The third-order valence-electron chi connectivity index (χ3n) is 11.7. The molecule has 0 unspecified atom stereocenters. The number of likely N-dealkylation sites (N-methyl/N-ethyl adjacent to an activating group) is 1. The molecule has 2 saturated heterocycles. The van der Waals surface area contributed by atoms with Crippen molar-refractivity contribution in [2.75, 3.05) is 32.5 Å². The van der Waals surface area contributed by atoms with Crippen LogP contribution >= 0.6 is 0 Å². The number of carbonyl (C=O) groups excluding carboxylic acids is 1. The van der Waals surface area contributed by atoms with Crippen molar-refractivity contribution in [3.8, 4) is 23.4 Å². The summed E-state index contributed by atoms with van der Waals surface area (Å²) in [6, 6.07) is 8.33. The molecule has 14 heteroatoms. The molecular weight excluding hydrogens is 646 g/mol. The molecule has 262 valence electrons. The molecule has 6 heterocycles. The zero-order chi connectivity index (χ0) is 34.9. The molecule has 51 heavy (non-hydrogen) atoms. The predicted octanol–water partition coefficient (Wildman–Crippen LogP) is 4.25. The smallest absolute Gasteiger partial charge is 0.272 e. The summed E-state index contributed by atoms with van der Waals surface area (Å²) < 4.78 is 15.4. The lowest BCUT2D eigenvalue weighted by Gasteiger charge is -2.41. The number of fused-ring (bicyclic) bond motifs is 5. The van der Waals surface area contributed by atoms with Crippen LogP contribution in [0.5, 0.6) is 0 Å². The summed E-state index contributed by atoms with van der Waals surface area (Å²) in [5.41, 5.74) is 11.5. The fourth-order valence-corrected chi connectivity index (χ4v) is 9.16. The van der Waals surface area contributed by atoms with Gasteiger partial charge in [-0.05, 0) is 102 Å². The average molecular weight is 688 g/mol. The highest BCUT2D eigenvalue weighted by atomic mass is 16.5. The number of aryl methyl sites for hydroxylation is 1. The van der Waals surface area contributed by atoms with Crippen LogP contribution in [0.4, 0.5) is 5.69 Å². The quantitative estimate of drug-likeness (QED) is 0.244. The number of nitrogens with zero attached hydrogens (tertiary/aromatic N) is 9. The number of nitriles is 1. The highest BCUT2D eigenvalue weighted by Crippen LogP contribution is 2.53. The molecule has 0 saturated carbocycles. The summed E-state index contributed by atoms with van der Waals surface area (Å²) in [7, 11) is 2.16. The summed E-state index contributed by atoms with van der Waals surface area (Å²) in [5.74, 6) is 1.42. The number of amides is 1. The topological polar surface area (TPSA) is 179 Å². The van der Waals surface area contributed by atoms with Crippen LogP contribution in [0.2, 0.25) is 0 Å². The van der Waals surface area contributed by atoms with Gasteiger partial charge in [0.15, 0.2) is 34.4 Å². The maximum Gasteiger partial charge on any atom is 0.272 e. The lowest BCUT2D eigenvalue weighted by molar-refractivity contribution is 0.0924. The molecule has 1 amide bonds. The molecule has 9 rings (SSSR count). The first kappa shape index (κ1) is 31.8. The van der Waals surface area contributed by atoms with Gasteiger partial charge in [-0.25, -0.2) is 19.3 Å². The van der Waals surface area contributed by atoms with E-state index < -0.39 is 5.41 Å². The van der Waals surface area contributed by atoms with Crippen LogP contribution in [0, 0.1) is 11.3 Å². The van der Waals surface area contributed by atoms with Crippen molar-refractivity contribution >= 4 is 22.6 Å². The first-order chi connectivity index (χ1) is 24.9. The molecule has 5 aromatic rings. The number of nitrogens with one attached hydrogen (secondary N) is 1. The van der Waals surface area contributed by atoms with Crippen LogP contribution in [-0.2, 0) is 23.0 Å². The van der Waals surface area contributed by atoms with Gasteiger partial charge in [0.25, 0.3) is 5.91 Å². The number of benzene rings is 1. The van der Waals surface area contributed by atoms with Crippen molar-refractivity contribution in [1.29, 1.82) is 5.26 Å². The van der Waals surface area contributed by atoms with Crippen molar-refractivity contribution in [2.45, 2.75) is 88.3 Å². The summed E-state index contributed by atoms with van der Waals surface area (Å²) in [6.07, 6.45) is 11.7. The highest BCUT2D eigenvalue weighted by Gasteiger charge is 2.48. The van der Waals surface area contributed by atoms with Crippen molar-refractivity contribution < 1.29 is 14.1 Å². The lowest BCUT2D eigenvalue weighted by atomic mass is 9.61. The normalized spacial score (nSPS) is 23.7. The monoisotopic (exact) mass is 687 g/mol. The van der Waals surface area contributed by atoms with Crippen LogP contribution in [0.3, 0.4) is 0 Å². The molecule has 4 aliphatic rings. The maximum atomic E-state index is 13.1. The van der Waals surface area contributed by atoms with Crippen LogP contribution in [0.15, 0.2) is 35.1 Å². The second-order valence-electron chi connectivity index (χ2n) is 14.6. The number of hydrogen-bond acceptors (Lipinski definition) is 11. The van der Waals surface area contributed by atoms with E-state index in [0.29, 0.717) is 53.5 Å². The molecule has 14 nitrogen and oxygen atoms in total. The minimum Gasteiger partial charge on any atom is -0.398 e. The molecule has 2 fully saturated rings. The zero-order valence-corrected chi connectivity index (χ0v) is 28.9. The van der Waals surface area contributed by atoms with Gasteiger partial charge in [0.1, 0.15) is 6.07 Å². The molecule has 3 N–H and O–H groups in total. The molecule has 2 aliphatic heterocycles. The third kappa shape index (κ3) is 5.04. The van der Waals surface area contributed by atoms with Crippen molar-refractivity contribution in [1.82, 2.24) is 44.9 Å². The standard InChI is InChI=1S/C37H41N11O3/c1-21(29-8-5-15-46(29)2)48-35-26(19-40-48)34(47-16-11-28(44-47)36(49)41-23-12-17-50-20-23)42-33(43-35)31-24-7-4-14-37(32(24)51-45-31)13-3-6-22-9-10-27(39)25(18-38)30(22)37/h9-11,16,19,21,23,29H,3-8,12-15,17,20,39H2,1-2H3,(H,41,49)/t21-,23-,29-,37+/m0/s1. The summed E-state index contributed by atoms with van der Waals surface area (Å²) >= 11 is 0. The Labute approximate surface area is 294 Å². The van der Waals surface area contributed by atoms with Crippen molar-refractivity contribution in [3.05, 3.63) is 64.3 Å². The van der Waals surface area contributed by atoms with E-state index in [4.69, 9.17) is 35.2 Å². The first-order valence-corrected chi connectivity index (χ1v) is 18.1. The Hall–Kier alpha value is -5.13. The highest BCUT2D eigenvalue weighted by molar-refractivity contribution is 5.92. The molecule has 4 atom stereocenters. The zero-order valence-electron chi connectivity index (χ0n) is 28.9. The Morgan fingerprint density at radius 2 is 2.02 bits per heavy atom. The summed E-state index contributed by atoms with van der Waals surface area (Å²) in [5, 5.41) is 28.3. The molecular formula is C37H41N11O3. The number of rotatable bonds is 6. The van der Waals surface area contributed by atoms with E-state index in [1.54, 1.807) is 23.1 Å². The Kier molecular flexibility index (Phi) is 7.66. The van der Waals surface area contributed by atoms with Crippen LogP contribution < -0.4 is 11.1 Å². The molecule has 0 radical (unpaired) electrons. The second-order valence-corrected chi connectivity index (χ2v) is 14.6. The van der Waals surface area contributed by atoms with E-state index in [1.807, 2.05) is 10.7 Å². The van der Waals surface area contributed by atoms with E-state index in [1.165, 1.54) is 0 Å². The van der Waals surface area contributed by atoms with Gasteiger partial charge in [0.2, 0.25) is 0 Å². The van der Waals surface area contributed by atoms with Gasteiger partial charge in [0, 0.05) is 30.1 Å². The number of ether oxygens (including phenoxy) is 1. The Morgan fingerprint density at radius 1 is 1.16 bits per heavy atom. The largest absolute Gasteiger partial charge is 0.398 e. The average Bonchev–Trinajstić information content (AvgIpc) is 3.99. The maximum absolute atomic E-state index is 13.1. The SMILES string of the molecule is C[C@@H]([C@@H]1CCCN1C)n1ncc2c(-n3ccc(C(=O)N[C@H]4CCOC4)n3)nc(-c3noc4c3CCC[C@@]43CCCc4ccc(N)c(C#N)c43)nc21. The van der Waals surface area contributed by atoms with Gasteiger partial charge in [0.05, 0.1) is 41.3 Å². The Balaban J connectivity index is 1.18. The Morgan fingerprint density at radius 3 is 2.80 bits per heavy atom. The van der Waals surface area contributed by atoms with Crippen LogP contribution in [-0.4, -0.2) is 84.4 Å². The van der Waals surface area contributed by atoms with Gasteiger partial charge >= 0.3 is 0 Å². The van der Waals surface area contributed by atoms with E-state index in [9.17, 15) is 10.1 Å². The van der Waals surface area contributed by atoms with Crippen molar-refractivity contribution in [2.24, 2.45) is 0 Å². The number of nitrogens with two attached hydrogens (primary N) is 1. The number of anilines is 1.